The van der Waals surface area contributed by atoms with Crippen molar-refractivity contribution in [1.82, 2.24) is 0 Å². The lowest BCUT2D eigenvalue weighted by Gasteiger charge is -2.13. The molecule has 15 heavy (non-hydrogen) atoms. The zero-order chi connectivity index (χ0) is 10.7. The molecule has 0 amide bonds. The molecule has 1 rings (SSSR count). The van der Waals surface area contributed by atoms with Gasteiger partial charge in [0.2, 0.25) is 0 Å². The van der Waals surface area contributed by atoms with E-state index >= 15 is 0 Å². The first-order valence-corrected chi connectivity index (χ1v) is 5.52. The summed E-state index contributed by atoms with van der Waals surface area (Å²) in [5, 5.41) is 0.710. The fraction of sp³-hybridized carbons (Fsp3) is 0.273. The summed E-state index contributed by atoms with van der Waals surface area (Å²) >= 11 is 9.44. The van der Waals surface area contributed by atoms with Crippen molar-refractivity contribution in [3.8, 4) is 0 Å². The summed E-state index contributed by atoms with van der Waals surface area (Å²) < 4.78 is 0.995. The molecule has 0 aromatic heterocycles. The van der Waals surface area contributed by atoms with Gasteiger partial charge in [-0.1, -0.05) is 33.1 Å². The molecule has 0 spiro atoms. The Hall–Kier alpha value is -0.0200. The Morgan fingerprint density at radius 3 is 2.73 bits per heavy atom. The number of hydrogen-bond acceptors (Lipinski definition) is 1. The predicted molar refractivity (Wildman–Crippen MR) is 72.8 cm³/mol. The number of benzene rings is 1. The molecule has 1 aromatic rings. The quantitative estimate of drug-likeness (QED) is 0.818. The van der Waals surface area contributed by atoms with Gasteiger partial charge in [-0.25, -0.2) is 0 Å². The molecule has 0 fully saturated rings. The fourth-order valence-corrected chi connectivity index (χ4v) is 1.92. The molecule has 4 heteroatoms. The predicted octanol–water partition coefficient (Wildman–Crippen LogP) is 4.49. The van der Waals surface area contributed by atoms with Crippen molar-refractivity contribution in [2.75, 3.05) is 0 Å². The summed E-state index contributed by atoms with van der Waals surface area (Å²) in [5.41, 5.74) is 8.03. The van der Waals surface area contributed by atoms with Gasteiger partial charge in [0.25, 0.3) is 0 Å². The molecule has 0 saturated heterocycles. The summed E-state index contributed by atoms with van der Waals surface area (Å²) in [4.78, 5) is 0. The van der Waals surface area contributed by atoms with Crippen LogP contribution in [0.15, 0.2) is 34.8 Å². The van der Waals surface area contributed by atoms with Crippen molar-refractivity contribution in [2.24, 2.45) is 5.73 Å². The van der Waals surface area contributed by atoms with Gasteiger partial charge in [-0.05, 0) is 37.1 Å². The Morgan fingerprint density at radius 2 is 2.20 bits per heavy atom. The van der Waals surface area contributed by atoms with Crippen LogP contribution in [0.25, 0.3) is 0 Å². The average molecular weight is 311 g/mol. The molecule has 1 atom stereocenters. The van der Waals surface area contributed by atoms with Gasteiger partial charge in [-0.15, -0.1) is 19.0 Å². The monoisotopic (exact) mass is 309 g/mol. The normalized spacial score (nSPS) is 11.7. The maximum atomic E-state index is 6.04. The highest BCUT2D eigenvalue weighted by Crippen LogP contribution is 2.28. The Balaban J connectivity index is 0.00000196. The molecule has 0 aliphatic heterocycles. The van der Waals surface area contributed by atoms with Gasteiger partial charge in [-0.2, -0.15) is 0 Å². The molecule has 0 saturated carbocycles. The van der Waals surface area contributed by atoms with Crippen LogP contribution >= 0.6 is 39.9 Å². The van der Waals surface area contributed by atoms with Crippen molar-refractivity contribution in [3.63, 3.8) is 0 Å². The third kappa shape index (κ3) is 4.56. The van der Waals surface area contributed by atoms with E-state index in [2.05, 4.69) is 22.5 Å². The molecule has 0 aliphatic carbocycles. The first-order valence-electron chi connectivity index (χ1n) is 4.35. The zero-order valence-corrected chi connectivity index (χ0v) is 11.6. The van der Waals surface area contributed by atoms with E-state index < -0.39 is 0 Å². The number of hydrogen-bond donors (Lipinski definition) is 1. The van der Waals surface area contributed by atoms with Crippen molar-refractivity contribution in [1.29, 1.82) is 0 Å². The second kappa shape index (κ2) is 6.54. The van der Waals surface area contributed by atoms with Crippen LogP contribution in [0.2, 0.25) is 5.02 Å². The third-order valence-electron chi connectivity index (χ3n) is 1.93. The Bertz CT molecular complexity index is 352. The van der Waals surface area contributed by atoms with Gasteiger partial charge < -0.3 is 5.73 Å². The first kappa shape index (κ1) is 15.0. The highest BCUT2D eigenvalue weighted by Gasteiger charge is 2.10. The lowest BCUT2D eigenvalue weighted by molar-refractivity contribution is 0.717. The van der Waals surface area contributed by atoms with E-state index in [4.69, 9.17) is 17.3 Å². The molecule has 2 N–H and O–H groups in total. The lowest BCUT2D eigenvalue weighted by atomic mass is 10.0. The number of rotatable bonds is 3. The molecule has 0 heterocycles. The van der Waals surface area contributed by atoms with Crippen molar-refractivity contribution >= 4 is 39.9 Å². The van der Waals surface area contributed by atoms with Gasteiger partial charge in [-0.3, -0.25) is 0 Å². The molecule has 1 nitrogen and oxygen atoms in total. The highest BCUT2D eigenvalue weighted by molar-refractivity contribution is 9.10. The van der Waals surface area contributed by atoms with Gasteiger partial charge >= 0.3 is 0 Å². The maximum absolute atomic E-state index is 6.04. The lowest BCUT2D eigenvalue weighted by Crippen LogP contribution is -2.10. The molecule has 0 radical (unpaired) electrons. The van der Waals surface area contributed by atoms with Gasteiger partial charge in [0, 0.05) is 15.5 Å². The smallest absolute Gasteiger partial charge is 0.0454 e. The largest absolute Gasteiger partial charge is 0.324 e. The van der Waals surface area contributed by atoms with Crippen LogP contribution in [-0.2, 0) is 0 Å². The molecule has 0 unspecified atom stereocenters. The highest BCUT2D eigenvalue weighted by atomic mass is 79.9. The van der Waals surface area contributed by atoms with Crippen LogP contribution in [0.3, 0.4) is 0 Å². The third-order valence-corrected chi connectivity index (χ3v) is 2.76. The van der Waals surface area contributed by atoms with Crippen LogP contribution in [0.4, 0.5) is 0 Å². The second-order valence-corrected chi connectivity index (χ2v) is 4.76. The van der Waals surface area contributed by atoms with E-state index in [9.17, 15) is 0 Å². The topological polar surface area (TPSA) is 26.0 Å². The van der Waals surface area contributed by atoms with Crippen LogP contribution in [0.5, 0.6) is 0 Å². The average Bonchev–Trinajstić information content (AvgIpc) is 2.08. The van der Waals surface area contributed by atoms with Crippen LogP contribution < -0.4 is 5.73 Å². The minimum absolute atomic E-state index is 0. The summed E-state index contributed by atoms with van der Waals surface area (Å²) in [7, 11) is 0. The second-order valence-electron chi connectivity index (χ2n) is 3.43. The van der Waals surface area contributed by atoms with Crippen molar-refractivity contribution in [2.45, 2.75) is 19.4 Å². The first-order chi connectivity index (χ1) is 6.50. The van der Waals surface area contributed by atoms with E-state index in [-0.39, 0.29) is 18.4 Å². The Labute approximate surface area is 110 Å². The van der Waals surface area contributed by atoms with E-state index in [1.165, 1.54) is 0 Å². The summed E-state index contributed by atoms with van der Waals surface area (Å²) in [6.45, 7) is 5.80. The molecular formula is C11H14BrCl2N. The van der Waals surface area contributed by atoms with Crippen molar-refractivity contribution in [3.05, 3.63) is 45.4 Å². The van der Waals surface area contributed by atoms with Gasteiger partial charge in [0.05, 0.1) is 0 Å². The van der Waals surface area contributed by atoms with E-state index in [0.29, 0.717) is 5.02 Å². The number of nitrogens with two attached hydrogens (primary N) is 1. The van der Waals surface area contributed by atoms with Crippen LogP contribution in [-0.4, -0.2) is 0 Å². The standard InChI is InChI=1S/C11H13BrClN.ClH/c1-7(2)5-11(14)9-6-8(12)3-4-10(9)13;/h3-4,6,11H,1,5,14H2,2H3;1H/t11-;/m1./s1. The van der Waals surface area contributed by atoms with Gasteiger partial charge in [0.15, 0.2) is 0 Å². The summed E-state index contributed by atoms with van der Waals surface area (Å²) in [6.07, 6.45) is 0.760. The minimum atomic E-state index is -0.0718. The molecule has 0 bridgehead atoms. The van der Waals surface area contributed by atoms with E-state index in [0.717, 1.165) is 22.0 Å². The maximum Gasteiger partial charge on any atom is 0.0454 e. The Kier molecular flexibility index (Phi) is 6.53. The molecule has 1 aromatic carbocycles. The van der Waals surface area contributed by atoms with Crippen LogP contribution in [0.1, 0.15) is 24.9 Å². The molecular weight excluding hydrogens is 297 g/mol. The number of halogens is 3. The molecule has 84 valence electrons. The summed E-state index contributed by atoms with van der Waals surface area (Å²) in [5.74, 6) is 0. The van der Waals surface area contributed by atoms with Crippen molar-refractivity contribution < 1.29 is 0 Å². The van der Waals surface area contributed by atoms with E-state index in [1.807, 2.05) is 25.1 Å². The van der Waals surface area contributed by atoms with E-state index in [1.54, 1.807) is 0 Å². The zero-order valence-electron chi connectivity index (χ0n) is 8.47. The SMILES string of the molecule is C=C(C)C[C@@H](N)c1cc(Br)ccc1Cl.Cl. The summed E-state index contributed by atoms with van der Waals surface area (Å²) in [6, 6.07) is 5.63. The Morgan fingerprint density at radius 1 is 1.60 bits per heavy atom. The van der Waals surface area contributed by atoms with Crippen LogP contribution in [0, 0.1) is 0 Å². The minimum Gasteiger partial charge on any atom is -0.324 e. The molecule has 0 aliphatic rings. The fourth-order valence-electron chi connectivity index (χ4n) is 1.28. The van der Waals surface area contributed by atoms with Gasteiger partial charge in [0.1, 0.15) is 0 Å².